The Morgan fingerprint density at radius 2 is 2.20 bits per heavy atom. The Hall–Kier alpha value is -1.78. The number of aromatic nitrogens is 1. The molecule has 0 aliphatic rings. The number of aromatic amines is 1. The molecule has 2 N–H and O–H groups in total. The summed E-state index contributed by atoms with van der Waals surface area (Å²) >= 11 is 0. The van der Waals surface area contributed by atoms with Gasteiger partial charge in [-0.3, -0.25) is 9.59 Å². The standard InChI is InChI=1S/C10H14N2O3/c1-12(7-8-3-2-6-11-8)9(13)4-5-10(14)15/h2-3,6,11H,4-5,7H2,1H3,(H,14,15). The Kier molecular flexibility index (Phi) is 3.91. The lowest BCUT2D eigenvalue weighted by Gasteiger charge is -2.15. The Morgan fingerprint density at radius 1 is 1.47 bits per heavy atom. The molecule has 0 aliphatic heterocycles. The number of nitrogens with zero attached hydrogens (tertiary/aromatic N) is 1. The number of H-pyrrole nitrogens is 1. The lowest BCUT2D eigenvalue weighted by molar-refractivity contribution is -0.140. The van der Waals surface area contributed by atoms with Crippen LogP contribution >= 0.6 is 0 Å². The first-order valence-electron chi connectivity index (χ1n) is 4.67. The molecule has 5 heteroatoms. The molecule has 0 spiro atoms. The summed E-state index contributed by atoms with van der Waals surface area (Å²) in [5.74, 6) is -1.11. The number of carboxylic acid groups (broad SMARTS) is 1. The number of hydrogen-bond donors (Lipinski definition) is 2. The van der Waals surface area contributed by atoms with Crippen molar-refractivity contribution in [1.29, 1.82) is 0 Å². The predicted molar refractivity (Wildman–Crippen MR) is 54.1 cm³/mol. The highest BCUT2D eigenvalue weighted by Crippen LogP contribution is 2.02. The maximum absolute atomic E-state index is 11.4. The molecule has 0 aromatic carbocycles. The van der Waals surface area contributed by atoms with Gasteiger partial charge in [0, 0.05) is 25.4 Å². The highest BCUT2D eigenvalue weighted by Gasteiger charge is 2.11. The smallest absolute Gasteiger partial charge is 0.303 e. The quantitative estimate of drug-likeness (QED) is 0.756. The van der Waals surface area contributed by atoms with Gasteiger partial charge in [-0.15, -0.1) is 0 Å². The van der Waals surface area contributed by atoms with Crippen molar-refractivity contribution in [2.75, 3.05) is 7.05 Å². The fraction of sp³-hybridized carbons (Fsp3) is 0.400. The van der Waals surface area contributed by atoms with Crippen LogP contribution in [0.3, 0.4) is 0 Å². The lowest BCUT2D eigenvalue weighted by Crippen LogP contribution is -2.26. The summed E-state index contributed by atoms with van der Waals surface area (Å²) < 4.78 is 0. The van der Waals surface area contributed by atoms with Crippen molar-refractivity contribution >= 4 is 11.9 Å². The Bertz CT molecular complexity index is 332. The molecule has 1 aromatic heterocycles. The van der Waals surface area contributed by atoms with Crippen LogP contribution in [0.2, 0.25) is 0 Å². The van der Waals surface area contributed by atoms with E-state index in [0.717, 1.165) is 5.69 Å². The van der Waals surface area contributed by atoms with Gasteiger partial charge in [0.1, 0.15) is 0 Å². The third-order valence-corrected chi connectivity index (χ3v) is 2.05. The van der Waals surface area contributed by atoms with Crippen molar-refractivity contribution in [3.63, 3.8) is 0 Å². The molecular weight excluding hydrogens is 196 g/mol. The van der Waals surface area contributed by atoms with Crippen LogP contribution in [0.1, 0.15) is 18.5 Å². The van der Waals surface area contributed by atoms with E-state index < -0.39 is 5.97 Å². The number of aliphatic carboxylic acids is 1. The number of amides is 1. The fourth-order valence-corrected chi connectivity index (χ4v) is 1.21. The average molecular weight is 210 g/mol. The molecule has 0 atom stereocenters. The zero-order valence-corrected chi connectivity index (χ0v) is 8.56. The summed E-state index contributed by atoms with van der Waals surface area (Å²) in [6.07, 6.45) is 1.71. The highest BCUT2D eigenvalue weighted by atomic mass is 16.4. The third-order valence-electron chi connectivity index (χ3n) is 2.05. The number of carbonyl (C=O) groups excluding carboxylic acids is 1. The van der Waals surface area contributed by atoms with Gasteiger partial charge in [-0.05, 0) is 12.1 Å². The van der Waals surface area contributed by atoms with Gasteiger partial charge in [0.25, 0.3) is 0 Å². The summed E-state index contributed by atoms with van der Waals surface area (Å²) in [6.45, 7) is 0.478. The van der Waals surface area contributed by atoms with Crippen molar-refractivity contribution in [3.05, 3.63) is 24.0 Å². The maximum atomic E-state index is 11.4. The molecule has 0 aliphatic carbocycles. The summed E-state index contributed by atoms with van der Waals surface area (Å²) in [4.78, 5) is 26.2. The van der Waals surface area contributed by atoms with Crippen LogP contribution in [0, 0.1) is 0 Å². The zero-order chi connectivity index (χ0) is 11.3. The molecular formula is C10H14N2O3. The summed E-state index contributed by atoms with van der Waals surface area (Å²) in [7, 11) is 1.66. The van der Waals surface area contributed by atoms with Crippen LogP contribution in [0.15, 0.2) is 18.3 Å². The van der Waals surface area contributed by atoms with Crippen LogP contribution in [-0.4, -0.2) is 33.9 Å². The lowest BCUT2D eigenvalue weighted by atomic mass is 10.3. The summed E-state index contributed by atoms with van der Waals surface area (Å²) in [5, 5.41) is 8.42. The molecule has 82 valence electrons. The maximum Gasteiger partial charge on any atom is 0.303 e. The normalized spacial score (nSPS) is 9.93. The second-order valence-electron chi connectivity index (χ2n) is 3.34. The third kappa shape index (κ3) is 3.84. The van der Waals surface area contributed by atoms with Gasteiger partial charge in [0.15, 0.2) is 0 Å². The minimum Gasteiger partial charge on any atom is -0.481 e. The van der Waals surface area contributed by atoms with Crippen LogP contribution < -0.4 is 0 Å². The van der Waals surface area contributed by atoms with Crippen molar-refractivity contribution in [3.8, 4) is 0 Å². The van der Waals surface area contributed by atoms with Gasteiger partial charge in [-0.1, -0.05) is 0 Å². The first kappa shape index (κ1) is 11.3. The highest BCUT2D eigenvalue weighted by molar-refractivity contribution is 5.80. The second kappa shape index (κ2) is 5.19. The zero-order valence-electron chi connectivity index (χ0n) is 8.56. The molecule has 1 heterocycles. The molecule has 0 radical (unpaired) electrons. The topological polar surface area (TPSA) is 73.4 Å². The SMILES string of the molecule is CN(Cc1ccc[nH]1)C(=O)CCC(=O)O. The van der Waals surface area contributed by atoms with Gasteiger partial charge < -0.3 is 15.0 Å². The molecule has 5 nitrogen and oxygen atoms in total. The summed E-state index contributed by atoms with van der Waals surface area (Å²) in [6, 6.07) is 3.73. The van der Waals surface area contributed by atoms with Crippen molar-refractivity contribution < 1.29 is 14.7 Å². The summed E-state index contributed by atoms with van der Waals surface area (Å²) in [5.41, 5.74) is 0.932. The van der Waals surface area contributed by atoms with Crippen molar-refractivity contribution in [1.82, 2.24) is 9.88 Å². The van der Waals surface area contributed by atoms with Gasteiger partial charge in [0.2, 0.25) is 5.91 Å². The van der Waals surface area contributed by atoms with E-state index in [4.69, 9.17) is 5.11 Å². The molecule has 1 aromatic rings. The first-order valence-corrected chi connectivity index (χ1v) is 4.67. The van der Waals surface area contributed by atoms with Gasteiger partial charge in [-0.25, -0.2) is 0 Å². The number of nitrogens with one attached hydrogen (secondary N) is 1. The molecule has 0 saturated heterocycles. The number of carboxylic acids is 1. The van der Waals surface area contributed by atoms with Gasteiger partial charge >= 0.3 is 5.97 Å². The van der Waals surface area contributed by atoms with E-state index in [1.807, 2.05) is 12.1 Å². The Morgan fingerprint density at radius 3 is 2.73 bits per heavy atom. The van der Waals surface area contributed by atoms with E-state index in [1.165, 1.54) is 4.90 Å². The molecule has 0 fully saturated rings. The largest absolute Gasteiger partial charge is 0.481 e. The van der Waals surface area contributed by atoms with E-state index in [0.29, 0.717) is 6.54 Å². The van der Waals surface area contributed by atoms with E-state index in [9.17, 15) is 9.59 Å². The van der Waals surface area contributed by atoms with Crippen molar-refractivity contribution in [2.45, 2.75) is 19.4 Å². The Balaban J connectivity index is 2.36. The monoisotopic (exact) mass is 210 g/mol. The van der Waals surface area contributed by atoms with Crippen molar-refractivity contribution in [2.24, 2.45) is 0 Å². The van der Waals surface area contributed by atoms with Crippen LogP contribution in [0.25, 0.3) is 0 Å². The fourth-order valence-electron chi connectivity index (χ4n) is 1.21. The van der Waals surface area contributed by atoms with E-state index in [2.05, 4.69) is 4.98 Å². The molecule has 0 saturated carbocycles. The van der Waals surface area contributed by atoms with Crippen LogP contribution in [0.5, 0.6) is 0 Å². The average Bonchev–Trinajstić information content (AvgIpc) is 2.66. The van der Waals surface area contributed by atoms with Gasteiger partial charge in [0.05, 0.1) is 13.0 Å². The molecule has 1 amide bonds. The number of rotatable bonds is 5. The second-order valence-corrected chi connectivity index (χ2v) is 3.34. The molecule has 15 heavy (non-hydrogen) atoms. The number of carbonyl (C=O) groups is 2. The minimum atomic E-state index is -0.948. The Labute approximate surface area is 87.7 Å². The minimum absolute atomic E-state index is 0.0482. The van der Waals surface area contributed by atoms with E-state index >= 15 is 0 Å². The molecule has 0 unspecified atom stereocenters. The van der Waals surface area contributed by atoms with E-state index in [-0.39, 0.29) is 18.7 Å². The predicted octanol–water partition coefficient (Wildman–Crippen LogP) is 0.838. The van der Waals surface area contributed by atoms with Crippen LogP contribution in [0.4, 0.5) is 0 Å². The van der Waals surface area contributed by atoms with Crippen LogP contribution in [-0.2, 0) is 16.1 Å². The van der Waals surface area contributed by atoms with E-state index in [1.54, 1.807) is 13.2 Å². The molecule has 0 bridgehead atoms. The number of hydrogen-bond acceptors (Lipinski definition) is 2. The first-order chi connectivity index (χ1) is 7.09. The van der Waals surface area contributed by atoms with Gasteiger partial charge in [-0.2, -0.15) is 0 Å². The molecule has 1 rings (SSSR count).